The largest absolute Gasteiger partial charge is 0.386 e. The first kappa shape index (κ1) is 15.1. The molecule has 1 rings (SSSR count). The highest BCUT2D eigenvalue weighted by molar-refractivity contribution is 5.39. The molecule has 4 heteroatoms. The summed E-state index contributed by atoms with van der Waals surface area (Å²) in [6, 6.07) is 4.09. The Morgan fingerprint density at radius 3 is 2.11 bits per heavy atom. The first-order valence-electron chi connectivity index (χ1n) is 6.10. The van der Waals surface area contributed by atoms with Crippen molar-refractivity contribution in [1.82, 2.24) is 5.32 Å². The van der Waals surface area contributed by atoms with E-state index in [1.165, 1.54) is 5.56 Å². The second-order valence-corrected chi connectivity index (χ2v) is 4.84. The van der Waals surface area contributed by atoms with Crippen LogP contribution in [0, 0.1) is 20.8 Å². The summed E-state index contributed by atoms with van der Waals surface area (Å²) >= 11 is 0. The van der Waals surface area contributed by atoms with E-state index < -0.39 is 12.5 Å². The fourth-order valence-electron chi connectivity index (χ4n) is 2.36. The van der Waals surface area contributed by atoms with E-state index in [1.54, 1.807) is 0 Å². The fraction of sp³-hybridized carbons (Fsp3) is 0.571. The third-order valence-electron chi connectivity index (χ3n) is 3.10. The summed E-state index contributed by atoms with van der Waals surface area (Å²) in [6.45, 7) is 7.87. The average Bonchev–Trinajstić information content (AvgIpc) is 2.24. The van der Waals surface area contributed by atoms with Crippen LogP contribution < -0.4 is 5.32 Å². The van der Waals surface area contributed by atoms with E-state index in [0.29, 0.717) is 0 Å². The fourth-order valence-corrected chi connectivity index (χ4v) is 2.36. The van der Waals surface area contributed by atoms with Gasteiger partial charge in [-0.05, 0) is 44.4 Å². The Morgan fingerprint density at radius 1 is 1.17 bits per heavy atom. The predicted molar refractivity (Wildman–Crippen MR) is 69.1 cm³/mol. The van der Waals surface area contributed by atoms with Crippen molar-refractivity contribution >= 4 is 0 Å². The van der Waals surface area contributed by atoms with E-state index in [2.05, 4.69) is 17.4 Å². The van der Waals surface area contributed by atoms with Crippen LogP contribution in [0.2, 0.25) is 0 Å². The minimum absolute atomic E-state index is 0.0565. The first-order chi connectivity index (χ1) is 8.32. The smallest absolute Gasteiger partial charge is 0.265 e. The summed E-state index contributed by atoms with van der Waals surface area (Å²) in [6.07, 6.45) is -4.32. The highest BCUT2D eigenvalue weighted by Gasteiger charge is 2.18. The number of aryl methyl sites for hydroxylation is 3. The third kappa shape index (κ3) is 3.75. The number of aliphatic hydroxyl groups is 1. The van der Waals surface area contributed by atoms with Crippen molar-refractivity contribution in [2.75, 3.05) is 6.54 Å². The molecule has 0 heterocycles. The molecule has 0 amide bonds. The Kier molecular flexibility index (Phi) is 5.23. The summed E-state index contributed by atoms with van der Waals surface area (Å²) in [5.41, 5.74) is 4.58. The molecular weight excluding hydrogens is 236 g/mol. The summed E-state index contributed by atoms with van der Waals surface area (Å²) in [7, 11) is 0. The molecular formula is C14H21F2NO. The highest BCUT2D eigenvalue weighted by atomic mass is 19.3. The zero-order valence-electron chi connectivity index (χ0n) is 11.3. The van der Waals surface area contributed by atoms with E-state index in [0.717, 1.165) is 16.7 Å². The molecule has 2 N–H and O–H groups in total. The van der Waals surface area contributed by atoms with Crippen molar-refractivity contribution in [3.63, 3.8) is 0 Å². The molecule has 0 aliphatic carbocycles. The predicted octanol–water partition coefficient (Wildman–Crippen LogP) is 2.89. The number of aliphatic hydroxyl groups excluding tert-OH is 1. The van der Waals surface area contributed by atoms with Gasteiger partial charge >= 0.3 is 0 Å². The van der Waals surface area contributed by atoms with Gasteiger partial charge in [0.2, 0.25) is 0 Å². The Hall–Kier alpha value is -1.00. The van der Waals surface area contributed by atoms with Crippen LogP contribution in [0.1, 0.15) is 35.2 Å². The van der Waals surface area contributed by atoms with Crippen LogP contribution in [0.25, 0.3) is 0 Å². The van der Waals surface area contributed by atoms with Gasteiger partial charge in [0.15, 0.2) is 0 Å². The number of benzene rings is 1. The van der Waals surface area contributed by atoms with E-state index >= 15 is 0 Å². The maximum atomic E-state index is 12.2. The van der Waals surface area contributed by atoms with Gasteiger partial charge < -0.3 is 10.4 Å². The number of nitrogens with one attached hydrogen (secondary N) is 1. The SMILES string of the molecule is Cc1cc(C)c(C(C)NCC(O)C(F)F)c(C)c1. The Labute approximate surface area is 107 Å². The van der Waals surface area contributed by atoms with Crippen molar-refractivity contribution in [3.8, 4) is 0 Å². The minimum Gasteiger partial charge on any atom is -0.386 e. The highest BCUT2D eigenvalue weighted by Crippen LogP contribution is 2.23. The number of halogens is 2. The summed E-state index contributed by atoms with van der Waals surface area (Å²) < 4.78 is 24.4. The molecule has 0 aromatic heterocycles. The molecule has 0 spiro atoms. The van der Waals surface area contributed by atoms with Gasteiger partial charge in [-0.1, -0.05) is 17.7 Å². The lowest BCUT2D eigenvalue weighted by Crippen LogP contribution is -2.34. The maximum Gasteiger partial charge on any atom is 0.265 e. The molecule has 0 fully saturated rings. The van der Waals surface area contributed by atoms with Crippen molar-refractivity contribution < 1.29 is 13.9 Å². The lowest BCUT2D eigenvalue weighted by Gasteiger charge is -2.21. The summed E-state index contributed by atoms with van der Waals surface area (Å²) in [4.78, 5) is 0. The van der Waals surface area contributed by atoms with Crippen LogP contribution in [-0.2, 0) is 0 Å². The van der Waals surface area contributed by atoms with Gasteiger partial charge in [0.25, 0.3) is 6.43 Å². The molecule has 1 aromatic rings. The van der Waals surface area contributed by atoms with Crippen molar-refractivity contribution in [1.29, 1.82) is 0 Å². The van der Waals surface area contributed by atoms with Crippen molar-refractivity contribution in [2.45, 2.75) is 46.3 Å². The van der Waals surface area contributed by atoms with Crippen LogP contribution in [0.5, 0.6) is 0 Å². The van der Waals surface area contributed by atoms with E-state index in [9.17, 15) is 8.78 Å². The van der Waals surface area contributed by atoms with Gasteiger partial charge in [-0.15, -0.1) is 0 Å². The van der Waals surface area contributed by atoms with Crippen molar-refractivity contribution in [2.24, 2.45) is 0 Å². The second kappa shape index (κ2) is 6.25. The molecule has 102 valence electrons. The molecule has 0 saturated carbocycles. The van der Waals surface area contributed by atoms with Gasteiger partial charge in [0.05, 0.1) is 0 Å². The number of hydrogen-bond donors (Lipinski definition) is 2. The zero-order valence-corrected chi connectivity index (χ0v) is 11.3. The molecule has 2 nitrogen and oxygen atoms in total. The first-order valence-corrected chi connectivity index (χ1v) is 6.10. The van der Waals surface area contributed by atoms with Gasteiger partial charge in [0.1, 0.15) is 6.10 Å². The quantitative estimate of drug-likeness (QED) is 0.850. The van der Waals surface area contributed by atoms with E-state index in [-0.39, 0.29) is 12.6 Å². The second-order valence-electron chi connectivity index (χ2n) is 4.84. The summed E-state index contributed by atoms with van der Waals surface area (Å²) in [5, 5.41) is 12.0. The third-order valence-corrected chi connectivity index (χ3v) is 3.10. The minimum atomic E-state index is -2.70. The van der Waals surface area contributed by atoms with Crippen LogP contribution >= 0.6 is 0 Å². The van der Waals surface area contributed by atoms with Gasteiger partial charge in [-0.2, -0.15) is 0 Å². The van der Waals surface area contributed by atoms with Gasteiger partial charge in [0, 0.05) is 12.6 Å². The average molecular weight is 257 g/mol. The van der Waals surface area contributed by atoms with Gasteiger partial charge in [-0.25, -0.2) is 8.78 Å². The topological polar surface area (TPSA) is 32.3 Å². The molecule has 0 saturated heterocycles. The lowest BCUT2D eigenvalue weighted by atomic mass is 9.95. The molecule has 0 aliphatic rings. The number of hydrogen-bond acceptors (Lipinski definition) is 2. The zero-order chi connectivity index (χ0) is 13.9. The number of rotatable bonds is 5. The van der Waals surface area contributed by atoms with Crippen LogP contribution in [-0.4, -0.2) is 24.2 Å². The van der Waals surface area contributed by atoms with Crippen molar-refractivity contribution in [3.05, 3.63) is 34.4 Å². The monoisotopic (exact) mass is 257 g/mol. The lowest BCUT2D eigenvalue weighted by molar-refractivity contribution is -0.00440. The molecule has 1 aromatic carbocycles. The molecule has 0 radical (unpaired) electrons. The normalized spacial score (nSPS) is 14.9. The molecule has 0 bridgehead atoms. The maximum absolute atomic E-state index is 12.2. The summed E-state index contributed by atoms with van der Waals surface area (Å²) in [5.74, 6) is 0. The Morgan fingerprint density at radius 2 is 1.67 bits per heavy atom. The Balaban J connectivity index is 2.76. The molecule has 2 unspecified atom stereocenters. The number of alkyl halides is 2. The Bertz CT molecular complexity index is 384. The van der Waals surface area contributed by atoms with E-state index in [4.69, 9.17) is 5.11 Å². The molecule has 18 heavy (non-hydrogen) atoms. The van der Waals surface area contributed by atoms with Crippen LogP contribution in [0.4, 0.5) is 8.78 Å². The standard InChI is InChI=1S/C14H21F2NO/c1-8-5-9(2)13(10(3)6-8)11(4)17-7-12(18)14(15)16/h5-6,11-12,14,17-18H,7H2,1-4H3. The van der Waals surface area contributed by atoms with E-state index in [1.807, 2.05) is 27.7 Å². The van der Waals surface area contributed by atoms with Gasteiger partial charge in [-0.3, -0.25) is 0 Å². The molecule has 0 aliphatic heterocycles. The molecule has 2 atom stereocenters. The van der Waals surface area contributed by atoms with Crippen LogP contribution in [0.15, 0.2) is 12.1 Å². The van der Waals surface area contributed by atoms with Crippen LogP contribution in [0.3, 0.4) is 0 Å².